The third-order valence-electron chi connectivity index (χ3n) is 4.54. The van der Waals surface area contributed by atoms with E-state index in [-0.39, 0.29) is 11.9 Å². The van der Waals surface area contributed by atoms with Gasteiger partial charge >= 0.3 is 6.03 Å². The lowest BCUT2D eigenvalue weighted by Gasteiger charge is -2.19. The van der Waals surface area contributed by atoms with Crippen molar-refractivity contribution in [1.82, 2.24) is 30.6 Å². The van der Waals surface area contributed by atoms with Crippen LogP contribution in [-0.2, 0) is 11.3 Å². The average Bonchev–Trinajstić information content (AvgIpc) is 3.22. The van der Waals surface area contributed by atoms with Gasteiger partial charge in [0.25, 0.3) is 5.91 Å². The highest BCUT2D eigenvalue weighted by atomic mass is 16.2. The SMILES string of the molecule is CCC1(C)NC(=O)N(CCCNC(=NC)NCCCn2cccn2)C1=O. The Morgan fingerprint density at radius 1 is 1.27 bits per heavy atom. The van der Waals surface area contributed by atoms with Crippen LogP contribution in [-0.4, -0.2) is 64.8 Å². The van der Waals surface area contributed by atoms with E-state index in [1.165, 1.54) is 4.90 Å². The van der Waals surface area contributed by atoms with Gasteiger partial charge in [-0.2, -0.15) is 5.10 Å². The van der Waals surface area contributed by atoms with Crippen LogP contribution in [0.4, 0.5) is 4.79 Å². The minimum Gasteiger partial charge on any atom is -0.356 e. The number of rotatable bonds is 9. The van der Waals surface area contributed by atoms with E-state index >= 15 is 0 Å². The molecular weight excluding hydrogens is 334 g/mol. The lowest BCUT2D eigenvalue weighted by atomic mass is 9.99. The number of carbonyl (C=O) groups excluding carboxylic acids is 2. The van der Waals surface area contributed by atoms with Crippen LogP contribution in [0, 0.1) is 0 Å². The van der Waals surface area contributed by atoms with E-state index < -0.39 is 5.54 Å². The molecule has 0 aliphatic carbocycles. The molecule has 1 aromatic heterocycles. The molecule has 0 radical (unpaired) electrons. The summed E-state index contributed by atoms with van der Waals surface area (Å²) in [4.78, 5) is 29.7. The summed E-state index contributed by atoms with van der Waals surface area (Å²) in [7, 11) is 1.72. The number of hydrogen-bond donors (Lipinski definition) is 3. The molecule has 2 heterocycles. The van der Waals surface area contributed by atoms with Gasteiger partial charge in [-0.1, -0.05) is 6.92 Å². The Balaban J connectivity index is 1.63. The van der Waals surface area contributed by atoms with E-state index in [9.17, 15) is 9.59 Å². The number of aromatic nitrogens is 2. The first-order valence-electron chi connectivity index (χ1n) is 9.06. The predicted molar refractivity (Wildman–Crippen MR) is 99.8 cm³/mol. The number of aryl methyl sites for hydroxylation is 1. The monoisotopic (exact) mass is 363 g/mol. The standard InChI is InChI=1S/C17H29N7O2/c1-4-17(2)14(25)24(16(26)22-17)13-6-9-20-15(18-3)19-8-5-11-23-12-7-10-21-23/h7,10,12H,4-6,8-9,11,13H2,1-3H3,(H,22,26)(H2,18,19,20). The normalized spacial score (nSPS) is 20.4. The molecule has 1 fully saturated rings. The topological polar surface area (TPSA) is 104 Å². The van der Waals surface area contributed by atoms with Gasteiger partial charge in [-0.25, -0.2) is 4.79 Å². The molecule has 1 aromatic rings. The number of nitrogens with one attached hydrogen (secondary N) is 3. The van der Waals surface area contributed by atoms with E-state index in [0.717, 1.165) is 19.5 Å². The highest BCUT2D eigenvalue weighted by Gasteiger charge is 2.45. The molecule has 3 N–H and O–H groups in total. The van der Waals surface area contributed by atoms with Crippen molar-refractivity contribution in [1.29, 1.82) is 0 Å². The van der Waals surface area contributed by atoms with Crippen molar-refractivity contribution in [2.24, 2.45) is 4.99 Å². The first-order chi connectivity index (χ1) is 12.5. The van der Waals surface area contributed by atoms with E-state index in [1.807, 2.05) is 23.9 Å². The second-order valence-electron chi connectivity index (χ2n) is 6.47. The van der Waals surface area contributed by atoms with Gasteiger partial charge in [-0.3, -0.25) is 19.4 Å². The summed E-state index contributed by atoms with van der Waals surface area (Å²) < 4.78 is 1.89. The Labute approximate surface area is 154 Å². The van der Waals surface area contributed by atoms with Crippen molar-refractivity contribution in [2.75, 3.05) is 26.7 Å². The summed E-state index contributed by atoms with van der Waals surface area (Å²) in [6, 6.07) is 1.60. The predicted octanol–water partition coefficient (Wildman–Crippen LogP) is 0.549. The smallest absolute Gasteiger partial charge is 0.325 e. The average molecular weight is 363 g/mol. The Morgan fingerprint density at radius 3 is 2.50 bits per heavy atom. The van der Waals surface area contributed by atoms with Crippen molar-refractivity contribution in [2.45, 2.75) is 45.2 Å². The van der Waals surface area contributed by atoms with Crippen molar-refractivity contribution in [3.63, 3.8) is 0 Å². The van der Waals surface area contributed by atoms with Crippen LogP contribution < -0.4 is 16.0 Å². The molecule has 0 aromatic carbocycles. The van der Waals surface area contributed by atoms with Crippen LogP contribution in [0.5, 0.6) is 0 Å². The first-order valence-corrected chi connectivity index (χ1v) is 9.06. The van der Waals surface area contributed by atoms with E-state index in [4.69, 9.17) is 0 Å². The molecule has 0 saturated carbocycles. The number of urea groups is 1. The maximum absolute atomic E-state index is 12.3. The molecule has 26 heavy (non-hydrogen) atoms. The molecule has 1 atom stereocenters. The van der Waals surface area contributed by atoms with Gasteiger partial charge in [0.2, 0.25) is 0 Å². The van der Waals surface area contributed by atoms with Crippen molar-refractivity contribution in [3.8, 4) is 0 Å². The van der Waals surface area contributed by atoms with Crippen LogP contribution in [0.1, 0.15) is 33.1 Å². The fraction of sp³-hybridized carbons (Fsp3) is 0.647. The molecule has 2 rings (SSSR count). The third kappa shape index (κ3) is 4.96. The summed E-state index contributed by atoms with van der Waals surface area (Å²) in [5.41, 5.74) is -0.767. The summed E-state index contributed by atoms with van der Waals surface area (Å²) in [5.74, 6) is 0.562. The van der Waals surface area contributed by atoms with E-state index in [2.05, 4.69) is 26.0 Å². The van der Waals surface area contributed by atoms with Crippen molar-refractivity contribution < 1.29 is 9.59 Å². The molecule has 0 bridgehead atoms. The molecule has 144 valence electrons. The highest BCUT2D eigenvalue weighted by molar-refractivity contribution is 6.06. The Hall–Kier alpha value is -2.58. The minimum atomic E-state index is -0.767. The molecule has 3 amide bonds. The van der Waals surface area contributed by atoms with E-state index in [0.29, 0.717) is 31.9 Å². The van der Waals surface area contributed by atoms with Crippen molar-refractivity contribution in [3.05, 3.63) is 18.5 Å². The van der Waals surface area contributed by atoms with Crippen LogP contribution in [0.15, 0.2) is 23.5 Å². The van der Waals surface area contributed by atoms with Crippen LogP contribution in [0.2, 0.25) is 0 Å². The highest BCUT2D eigenvalue weighted by Crippen LogP contribution is 2.20. The number of amides is 3. The second-order valence-corrected chi connectivity index (χ2v) is 6.47. The summed E-state index contributed by atoms with van der Waals surface area (Å²) in [6.45, 7) is 6.30. The largest absolute Gasteiger partial charge is 0.356 e. The summed E-state index contributed by atoms with van der Waals surface area (Å²) >= 11 is 0. The van der Waals surface area contributed by atoms with Gasteiger partial charge < -0.3 is 16.0 Å². The lowest BCUT2D eigenvalue weighted by molar-refractivity contribution is -0.130. The maximum atomic E-state index is 12.3. The molecular formula is C17H29N7O2. The molecule has 1 aliphatic rings. The summed E-state index contributed by atoms with van der Waals surface area (Å²) in [5, 5.41) is 13.4. The van der Waals surface area contributed by atoms with Crippen LogP contribution >= 0.6 is 0 Å². The molecule has 9 heteroatoms. The quantitative estimate of drug-likeness (QED) is 0.257. The third-order valence-corrected chi connectivity index (χ3v) is 4.54. The molecule has 9 nitrogen and oxygen atoms in total. The Kier molecular flexibility index (Phi) is 6.99. The molecule has 1 saturated heterocycles. The van der Waals surface area contributed by atoms with Gasteiger partial charge in [0.1, 0.15) is 5.54 Å². The number of carbonyl (C=O) groups is 2. The number of imide groups is 1. The van der Waals surface area contributed by atoms with Gasteiger partial charge in [-0.05, 0) is 32.3 Å². The zero-order chi connectivity index (χ0) is 19.0. The van der Waals surface area contributed by atoms with E-state index in [1.54, 1.807) is 20.2 Å². The number of hydrogen-bond acceptors (Lipinski definition) is 4. The van der Waals surface area contributed by atoms with Gasteiger partial charge in [0.05, 0.1) is 0 Å². The first kappa shape index (κ1) is 19.7. The summed E-state index contributed by atoms with van der Waals surface area (Å²) in [6.07, 6.45) is 5.88. The molecule has 0 spiro atoms. The minimum absolute atomic E-state index is 0.147. The van der Waals surface area contributed by atoms with Crippen LogP contribution in [0.3, 0.4) is 0 Å². The Bertz CT molecular complexity index is 629. The van der Waals surface area contributed by atoms with Crippen LogP contribution in [0.25, 0.3) is 0 Å². The van der Waals surface area contributed by atoms with Gasteiger partial charge in [0, 0.05) is 45.6 Å². The van der Waals surface area contributed by atoms with Crippen molar-refractivity contribution >= 4 is 17.9 Å². The van der Waals surface area contributed by atoms with Gasteiger partial charge in [0.15, 0.2) is 5.96 Å². The lowest BCUT2D eigenvalue weighted by Crippen LogP contribution is -2.43. The number of aliphatic imine (C=N–C) groups is 1. The number of guanidine groups is 1. The second kappa shape index (κ2) is 9.21. The number of nitrogens with zero attached hydrogens (tertiary/aromatic N) is 4. The fourth-order valence-electron chi connectivity index (χ4n) is 2.73. The van der Waals surface area contributed by atoms with Gasteiger partial charge in [-0.15, -0.1) is 0 Å². The zero-order valence-electron chi connectivity index (χ0n) is 15.8. The Morgan fingerprint density at radius 2 is 1.96 bits per heavy atom. The fourth-order valence-corrected chi connectivity index (χ4v) is 2.73. The molecule has 1 aliphatic heterocycles. The zero-order valence-corrected chi connectivity index (χ0v) is 15.8. The maximum Gasteiger partial charge on any atom is 0.325 e. The molecule has 1 unspecified atom stereocenters.